The van der Waals surface area contributed by atoms with Gasteiger partial charge in [0.1, 0.15) is 28.4 Å². The summed E-state index contributed by atoms with van der Waals surface area (Å²) in [6.45, 7) is 3.90. The highest BCUT2D eigenvalue weighted by atomic mass is 35.5. The van der Waals surface area contributed by atoms with Crippen LogP contribution < -0.4 is 5.32 Å². The number of halogens is 3. The van der Waals surface area contributed by atoms with E-state index < -0.39 is 68.0 Å². The van der Waals surface area contributed by atoms with E-state index in [1.165, 1.54) is 23.1 Å². The number of hydrogen-bond acceptors (Lipinski definition) is 8. The normalized spacial score (nSPS) is 22.0. The van der Waals surface area contributed by atoms with E-state index in [-0.39, 0.29) is 40.1 Å². The summed E-state index contributed by atoms with van der Waals surface area (Å²) in [5.41, 5.74) is -4.03. The average Bonchev–Trinajstić information content (AvgIpc) is 3.52. The molecule has 234 valence electrons. The zero-order chi connectivity index (χ0) is 32.2. The Kier molecular flexibility index (Phi) is 8.10. The Hall–Kier alpha value is -3.47. The second kappa shape index (κ2) is 11.2. The molecule has 0 bridgehead atoms. The molecule has 1 aromatic heterocycles. The summed E-state index contributed by atoms with van der Waals surface area (Å²) in [6, 6.07) is 7.56. The van der Waals surface area contributed by atoms with Gasteiger partial charge in [-0.2, -0.15) is 5.26 Å². The number of ether oxygens (including phenoxy) is 1. The number of carbonyl (C=O) groups excluding carboxylic acids is 3. The molecule has 0 spiro atoms. The van der Waals surface area contributed by atoms with Crippen LogP contribution in [0.1, 0.15) is 45.7 Å². The quantitative estimate of drug-likeness (QED) is 0.492. The maximum absolute atomic E-state index is 15.4. The maximum Gasteiger partial charge on any atom is 0.410 e. The summed E-state index contributed by atoms with van der Waals surface area (Å²) < 4.78 is 48.3. The fraction of sp³-hybridized carbons (Fsp3) is 0.483. The highest BCUT2D eigenvalue weighted by Gasteiger charge is 2.60. The lowest BCUT2D eigenvalue weighted by atomic mass is 9.74. The van der Waals surface area contributed by atoms with Gasteiger partial charge in [0.2, 0.25) is 11.8 Å². The van der Waals surface area contributed by atoms with Crippen LogP contribution in [0.3, 0.4) is 0 Å². The van der Waals surface area contributed by atoms with Crippen molar-refractivity contribution >= 4 is 50.9 Å². The number of nitriles is 1. The van der Waals surface area contributed by atoms with E-state index in [2.05, 4.69) is 16.4 Å². The van der Waals surface area contributed by atoms with E-state index in [1.54, 1.807) is 26.8 Å². The smallest absolute Gasteiger partial charge is 0.410 e. The van der Waals surface area contributed by atoms with Crippen LogP contribution in [-0.2, 0) is 29.6 Å². The summed E-state index contributed by atoms with van der Waals surface area (Å²) >= 11 is 12.2. The van der Waals surface area contributed by atoms with Gasteiger partial charge >= 0.3 is 6.09 Å². The molecule has 3 heterocycles. The minimum absolute atomic E-state index is 0.0180. The lowest BCUT2D eigenvalue weighted by Crippen LogP contribution is -2.69. The van der Waals surface area contributed by atoms with Gasteiger partial charge in [0.25, 0.3) is 0 Å². The molecule has 5 rings (SSSR count). The fourth-order valence-corrected chi connectivity index (χ4v) is 7.91. The van der Waals surface area contributed by atoms with Crippen LogP contribution in [0.25, 0.3) is 0 Å². The van der Waals surface area contributed by atoms with Crippen molar-refractivity contribution < 1.29 is 31.9 Å². The number of sulfone groups is 1. The maximum atomic E-state index is 15.4. The minimum Gasteiger partial charge on any atom is -0.444 e. The molecule has 1 aromatic carbocycles. The summed E-state index contributed by atoms with van der Waals surface area (Å²) in [4.78, 5) is 47.2. The van der Waals surface area contributed by atoms with Crippen molar-refractivity contribution in [3.63, 3.8) is 0 Å². The second-order valence-corrected chi connectivity index (χ2v) is 15.4. The van der Waals surface area contributed by atoms with Crippen molar-refractivity contribution in [2.24, 2.45) is 0 Å². The molecule has 15 heteroatoms. The molecule has 1 unspecified atom stereocenters. The van der Waals surface area contributed by atoms with E-state index in [0.29, 0.717) is 12.8 Å². The molecular formula is C29H30Cl2FN5O6S. The Labute approximate surface area is 264 Å². The number of carbonyl (C=O) groups is 3. The molecular weight excluding hydrogens is 636 g/mol. The lowest BCUT2D eigenvalue weighted by Gasteiger charge is -2.49. The van der Waals surface area contributed by atoms with Crippen LogP contribution in [0.15, 0.2) is 41.4 Å². The van der Waals surface area contributed by atoms with E-state index in [1.807, 2.05) is 0 Å². The predicted molar refractivity (Wildman–Crippen MR) is 157 cm³/mol. The number of nitrogens with one attached hydrogen (secondary N) is 1. The number of pyridine rings is 1. The fourth-order valence-electron chi connectivity index (χ4n) is 5.55. The van der Waals surface area contributed by atoms with Gasteiger partial charge in [0, 0.05) is 25.8 Å². The number of rotatable bonds is 6. The van der Waals surface area contributed by atoms with E-state index >= 15 is 4.39 Å². The van der Waals surface area contributed by atoms with E-state index in [4.69, 9.17) is 27.9 Å². The van der Waals surface area contributed by atoms with E-state index in [0.717, 1.165) is 17.2 Å². The largest absolute Gasteiger partial charge is 0.444 e. The molecule has 2 aromatic rings. The van der Waals surface area contributed by atoms with Crippen LogP contribution in [0.4, 0.5) is 9.18 Å². The first-order valence-electron chi connectivity index (χ1n) is 13.8. The first-order valence-corrected chi connectivity index (χ1v) is 16.1. The van der Waals surface area contributed by atoms with Crippen LogP contribution in [0.5, 0.6) is 0 Å². The number of nitrogens with zero attached hydrogens (tertiary/aromatic N) is 4. The molecule has 2 atom stereocenters. The van der Waals surface area contributed by atoms with Gasteiger partial charge in [0.15, 0.2) is 9.84 Å². The Balaban J connectivity index is 1.53. The number of likely N-dealkylation sites (tertiary alicyclic amines) is 2. The zero-order valence-electron chi connectivity index (χ0n) is 24.1. The van der Waals surface area contributed by atoms with Crippen LogP contribution >= 0.6 is 23.2 Å². The van der Waals surface area contributed by atoms with Gasteiger partial charge in [-0.25, -0.2) is 17.6 Å². The monoisotopic (exact) mass is 665 g/mol. The molecule has 44 heavy (non-hydrogen) atoms. The van der Waals surface area contributed by atoms with Crippen molar-refractivity contribution in [3.05, 3.63) is 58.1 Å². The first-order chi connectivity index (χ1) is 20.5. The van der Waals surface area contributed by atoms with Crippen LogP contribution in [0, 0.1) is 17.1 Å². The van der Waals surface area contributed by atoms with Gasteiger partial charge in [0.05, 0.1) is 32.0 Å². The molecule has 1 N–H and O–H groups in total. The number of aromatic nitrogens is 1. The SMILES string of the molecule is CC(C)(C)OC(=O)N1CC(C(=O)N2CC(S(=O)(=O)c3ccccc3Cl)C[C@H]2C(=O)NC2(C#N)CC2)(c2ncc(Cl)cc2F)C1. The molecule has 3 fully saturated rings. The van der Waals surface area contributed by atoms with Gasteiger partial charge in [-0.3, -0.25) is 14.6 Å². The standard InChI is InChI=1S/C29H30Cl2FN5O6S/c1-27(2,3)43-26(40)36-15-29(16-36,23-20(32)10-17(30)12-34-23)25(39)37-13-18(44(41,42)22-7-5-4-6-19(22)31)11-21(37)24(38)35-28(14-33)8-9-28/h4-7,10,12,18,21H,8-9,11,13,15-16H2,1-3H3,(H,35,38)/t18?,21-/m0/s1. The van der Waals surface area contributed by atoms with Gasteiger partial charge in [-0.1, -0.05) is 35.3 Å². The minimum atomic E-state index is -4.16. The Morgan fingerprint density at radius 1 is 1.18 bits per heavy atom. The van der Waals surface area contributed by atoms with Crippen LogP contribution in [-0.4, -0.2) is 83.2 Å². The lowest BCUT2D eigenvalue weighted by molar-refractivity contribution is -0.149. The van der Waals surface area contributed by atoms with Crippen molar-refractivity contribution in [2.45, 2.75) is 72.8 Å². The topological polar surface area (TPSA) is 150 Å². The van der Waals surface area contributed by atoms with Gasteiger partial charge < -0.3 is 19.9 Å². The molecule has 3 aliphatic rings. The van der Waals surface area contributed by atoms with Gasteiger partial charge in [-0.05, 0) is 58.2 Å². The summed E-state index contributed by atoms with van der Waals surface area (Å²) in [6.07, 6.45) is 0.940. The van der Waals surface area contributed by atoms with Gasteiger partial charge in [-0.15, -0.1) is 0 Å². The molecule has 11 nitrogen and oxygen atoms in total. The van der Waals surface area contributed by atoms with Crippen molar-refractivity contribution in [1.82, 2.24) is 20.1 Å². The molecule has 2 saturated heterocycles. The number of benzene rings is 1. The Morgan fingerprint density at radius 3 is 2.41 bits per heavy atom. The Bertz CT molecular complexity index is 1680. The first kappa shape index (κ1) is 31.9. The third-order valence-electron chi connectivity index (χ3n) is 7.98. The summed E-state index contributed by atoms with van der Waals surface area (Å²) in [5.74, 6) is -2.42. The highest BCUT2D eigenvalue weighted by Crippen LogP contribution is 2.42. The van der Waals surface area contributed by atoms with Crippen molar-refractivity contribution in [2.75, 3.05) is 19.6 Å². The molecule has 3 amide bonds. The predicted octanol–water partition coefficient (Wildman–Crippen LogP) is 3.63. The highest BCUT2D eigenvalue weighted by molar-refractivity contribution is 7.92. The number of amides is 3. The molecule has 1 aliphatic carbocycles. The third kappa shape index (κ3) is 5.82. The average molecular weight is 667 g/mol. The summed E-state index contributed by atoms with van der Waals surface area (Å²) in [7, 11) is -4.16. The zero-order valence-corrected chi connectivity index (χ0v) is 26.5. The molecule has 1 saturated carbocycles. The molecule has 2 aliphatic heterocycles. The number of hydrogen-bond donors (Lipinski definition) is 1. The van der Waals surface area contributed by atoms with E-state index in [9.17, 15) is 28.1 Å². The molecule has 0 radical (unpaired) electrons. The van der Waals surface area contributed by atoms with Crippen molar-refractivity contribution in [1.29, 1.82) is 5.26 Å². The Morgan fingerprint density at radius 2 is 1.84 bits per heavy atom. The second-order valence-electron chi connectivity index (χ2n) is 12.4. The van der Waals surface area contributed by atoms with Crippen LogP contribution in [0.2, 0.25) is 10.0 Å². The van der Waals surface area contributed by atoms with Crippen molar-refractivity contribution in [3.8, 4) is 6.07 Å². The summed E-state index contributed by atoms with van der Waals surface area (Å²) in [5, 5.41) is 10.9. The third-order valence-corrected chi connectivity index (χ3v) is 10.8.